The number of ether oxygens (including phenoxy) is 2. The summed E-state index contributed by atoms with van der Waals surface area (Å²) in [6.07, 6.45) is -4.47. The van der Waals surface area contributed by atoms with E-state index in [-0.39, 0.29) is 38.4 Å². The van der Waals surface area contributed by atoms with Crippen LogP contribution in [-0.2, 0) is 16.1 Å². The molecule has 9 heteroatoms. The molecule has 1 aliphatic heterocycles. The Bertz CT molecular complexity index is 634. The molecule has 6 nitrogen and oxygen atoms in total. The lowest BCUT2D eigenvalue weighted by Gasteiger charge is -2.31. The maximum absolute atomic E-state index is 12.4. The maximum Gasteiger partial charge on any atom is 0.471 e. The second-order valence-corrected chi connectivity index (χ2v) is 6.00. The summed E-state index contributed by atoms with van der Waals surface area (Å²) >= 11 is 0. The number of benzene rings is 1. The predicted molar refractivity (Wildman–Crippen MR) is 86.8 cm³/mol. The van der Waals surface area contributed by atoms with E-state index in [1.54, 1.807) is 18.2 Å². The number of carbonyl (C=O) groups excluding carboxylic acids is 2. The van der Waals surface area contributed by atoms with E-state index in [1.165, 1.54) is 14.2 Å². The predicted octanol–water partition coefficient (Wildman–Crippen LogP) is 2.12. The molecule has 1 N–H and O–H groups in total. The van der Waals surface area contributed by atoms with Gasteiger partial charge in [-0.25, -0.2) is 0 Å². The molecule has 1 aliphatic rings. The third-order valence-electron chi connectivity index (χ3n) is 4.27. The van der Waals surface area contributed by atoms with Crippen molar-refractivity contribution in [3.8, 4) is 11.5 Å². The van der Waals surface area contributed by atoms with E-state index < -0.39 is 18.0 Å². The van der Waals surface area contributed by atoms with Gasteiger partial charge in [-0.2, -0.15) is 13.2 Å². The second kappa shape index (κ2) is 8.29. The van der Waals surface area contributed by atoms with Gasteiger partial charge in [-0.3, -0.25) is 9.59 Å². The molecule has 0 aromatic heterocycles. The topological polar surface area (TPSA) is 67.9 Å². The van der Waals surface area contributed by atoms with Crippen LogP contribution < -0.4 is 14.8 Å². The molecule has 1 aromatic rings. The number of nitrogens with one attached hydrogen (secondary N) is 1. The third-order valence-corrected chi connectivity index (χ3v) is 4.27. The summed E-state index contributed by atoms with van der Waals surface area (Å²) in [4.78, 5) is 24.2. The lowest BCUT2D eigenvalue weighted by molar-refractivity contribution is -0.186. The number of likely N-dealkylation sites (tertiary alicyclic amines) is 1. The molecule has 1 fully saturated rings. The normalized spacial score (nSPS) is 15.5. The standard InChI is InChI=1S/C17H21F3N2O4/c1-25-13-7-11(8-14(9-13)26-2)10-21-15(23)12-3-5-22(6-4-12)16(24)17(18,19)20/h7-9,12H,3-6,10H2,1-2H3,(H,21,23). The van der Waals surface area contributed by atoms with Gasteiger partial charge in [0.15, 0.2) is 0 Å². The highest BCUT2D eigenvalue weighted by molar-refractivity contribution is 5.83. The van der Waals surface area contributed by atoms with Crippen LogP contribution in [0.5, 0.6) is 11.5 Å². The number of halogens is 3. The minimum absolute atomic E-state index is 0.0799. The largest absolute Gasteiger partial charge is 0.497 e. The van der Waals surface area contributed by atoms with Crippen molar-refractivity contribution in [3.63, 3.8) is 0 Å². The first-order valence-corrected chi connectivity index (χ1v) is 8.10. The van der Waals surface area contributed by atoms with Crippen molar-refractivity contribution in [2.75, 3.05) is 27.3 Å². The van der Waals surface area contributed by atoms with Gasteiger partial charge in [0.25, 0.3) is 0 Å². The summed E-state index contributed by atoms with van der Waals surface area (Å²) in [7, 11) is 3.04. The fraction of sp³-hybridized carbons (Fsp3) is 0.529. The Kier molecular flexibility index (Phi) is 6.33. The van der Waals surface area contributed by atoms with Crippen LogP contribution in [0.3, 0.4) is 0 Å². The number of carbonyl (C=O) groups is 2. The number of nitrogens with zero attached hydrogens (tertiary/aromatic N) is 1. The van der Waals surface area contributed by atoms with Gasteiger partial charge in [-0.1, -0.05) is 0 Å². The van der Waals surface area contributed by atoms with Gasteiger partial charge in [-0.05, 0) is 30.5 Å². The zero-order valence-corrected chi connectivity index (χ0v) is 14.6. The monoisotopic (exact) mass is 374 g/mol. The highest BCUT2D eigenvalue weighted by Gasteiger charge is 2.43. The number of methoxy groups -OCH3 is 2. The summed E-state index contributed by atoms with van der Waals surface area (Å²) in [5.74, 6) is -1.33. The first-order valence-electron chi connectivity index (χ1n) is 8.10. The van der Waals surface area contributed by atoms with Crippen molar-refractivity contribution < 1.29 is 32.2 Å². The molecule has 0 aliphatic carbocycles. The molecule has 2 amide bonds. The van der Waals surface area contributed by atoms with Crippen LogP contribution in [0.15, 0.2) is 18.2 Å². The number of piperidine rings is 1. The highest BCUT2D eigenvalue weighted by Crippen LogP contribution is 2.25. The van der Waals surface area contributed by atoms with Gasteiger partial charge in [0.1, 0.15) is 11.5 Å². The minimum Gasteiger partial charge on any atom is -0.497 e. The molecule has 1 saturated heterocycles. The number of hydrogen-bond donors (Lipinski definition) is 1. The van der Waals surface area contributed by atoms with Crippen molar-refractivity contribution in [3.05, 3.63) is 23.8 Å². The van der Waals surface area contributed by atoms with E-state index in [4.69, 9.17) is 9.47 Å². The molecular weight excluding hydrogens is 353 g/mol. The van der Waals surface area contributed by atoms with Crippen LogP contribution in [0.4, 0.5) is 13.2 Å². The minimum atomic E-state index is -4.87. The number of hydrogen-bond acceptors (Lipinski definition) is 4. The summed E-state index contributed by atoms with van der Waals surface area (Å²) < 4.78 is 47.6. The van der Waals surface area contributed by atoms with Crippen molar-refractivity contribution in [2.24, 2.45) is 5.92 Å². The molecule has 0 bridgehead atoms. The van der Waals surface area contributed by atoms with Gasteiger partial charge in [0, 0.05) is 31.6 Å². The van der Waals surface area contributed by atoms with Gasteiger partial charge >= 0.3 is 12.1 Å². The molecule has 1 heterocycles. The zero-order valence-electron chi connectivity index (χ0n) is 14.6. The Balaban J connectivity index is 1.87. The van der Waals surface area contributed by atoms with Crippen molar-refractivity contribution >= 4 is 11.8 Å². The van der Waals surface area contributed by atoms with Crippen molar-refractivity contribution in [1.29, 1.82) is 0 Å². The zero-order chi connectivity index (χ0) is 19.3. The van der Waals surface area contributed by atoms with Crippen molar-refractivity contribution in [2.45, 2.75) is 25.6 Å². The fourth-order valence-corrected chi connectivity index (χ4v) is 2.83. The molecule has 0 atom stereocenters. The molecule has 2 rings (SSSR count). The van der Waals surface area contributed by atoms with Crippen molar-refractivity contribution in [1.82, 2.24) is 10.2 Å². The SMILES string of the molecule is COc1cc(CNC(=O)C2CCN(C(=O)C(F)(F)F)CC2)cc(OC)c1. The summed E-state index contributed by atoms with van der Waals surface area (Å²) in [5.41, 5.74) is 0.777. The molecule has 0 radical (unpaired) electrons. The smallest absolute Gasteiger partial charge is 0.471 e. The average Bonchev–Trinajstić information content (AvgIpc) is 2.64. The van der Waals surface area contributed by atoms with E-state index in [1.807, 2.05) is 0 Å². The summed E-state index contributed by atoms with van der Waals surface area (Å²) in [6, 6.07) is 5.22. The van der Waals surface area contributed by atoms with Crippen LogP contribution in [-0.4, -0.2) is 50.2 Å². The Morgan fingerprint density at radius 3 is 2.12 bits per heavy atom. The Hall–Kier alpha value is -2.45. The molecule has 0 unspecified atom stereocenters. The lowest BCUT2D eigenvalue weighted by Crippen LogP contribution is -2.47. The molecule has 144 valence electrons. The first kappa shape index (κ1) is 19.9. The van der Waals surface area contributed by atoms with Gasteiger partial charge < -0.3 is 19.7 Å². The summed E-state index contributed by atoms with van der Waals surface area (Å²) in [5, 5.41) is 2.77. The maximum atomic E-state index is 12.4. The highest BCUT2D eigenvalue weighted by atomic mass is 19.4. The van der Waals surface area contributed by atoms with Gasteiger partial charge in [0.2, 0.25) is 5.91 Å². The first-order chi connectivity index (χ1) is 12.2. The molecule has 26 heavy (non-hydrogen) atoms. The van der Waals surface area contributed by atoms with E-state index in [9.17, 15) is 22.8 Å². The second-order valence-electron chi connectivity index (χ2n) is 6.00. The average molecular weight is 374 g/mol. The van der Waals surface area contributed by atoms with E-state index in [0.717, 1.165) is 10.5 Å². The Morgan fingerprint density at radius 1 is 1.12 bits per heavy atom. The van der Waals surface area contributed by atoms with Crippen LogP contribution in [0, 0.1) is 5.92 Å². The Morgan fingerprint density at radius 2 is 1.65 bits per heavy atom. The molecule has 0 saturated carbocycles. The Labute approximate surface area is 149 Å². The quantitative estimate of drug-likeness (QED) is 0.857. The lowest BCUT2D eigenvalue weighted by atomic mass is 9.95. The van der Waals surface area contributed by atoms with E-state index in [0.29, 0.717) is 11.5 Å². The molecular formula is C17H21F3N2O4. The molecule has 1 aromatic carbocycles. The van der Waals surface area contributed by atoms with E-state index in [2.05, 4.69) is 5.32 Å². The van der Waals surface area contributed by atoms with Gasteiger partial charge in [-0.15, -0.1) is 0 Å². The fourth-order valence-electron chi connectivity index (χ4n) is 2.83. The number of amides is 2. The number of alkyl halides is 3. The third kappa shape index (κ3) is 5.03. The van der Waals surface area contributed by atoms with E-state index >= 15 is 0 Å². The van der Waals surface area contributed by atoms with Gasteiger partial charge in [0.05, 0.1) is 14.2 Å². The molecule has 0 spiro atoms. The van der Waals surface area contributed by atoms with Crippen LogP contribution in [0.2, 0.25) is 0 Å². The number of rotatable bonds is 5. The van der Waals surface area contributed by atoms with Crippen LogP contribution >= 0.6 is 0 Å². The van der Waals surface area contributed by atoms with Crippen LogP contribution in [0.1, 0.15) is 18.4 Å². The summed E-state index contributed by atoms with van der Waals surface area (Å²) in [6.45, 7) is 0.0842. The van der Waals surface area contributed by atoms with Crippen LogP contribution in [0.25, 0.3) is 0 Å².